The molecule has 0 saturated heterocycles. The van der Waals surface area contributed by atoms with Crippen LogP contribution in [0.1, 0.15) is 16.1 Å². The number of para-hydroxylation sites is 1. The smallest absolute Gasteiger partial charge is 0.272 e. The van der Waals surface area contributed by atoms with E-state index in [0.717, 1.165) is 16.5 Å². The number of hydrogen-bond donors (Lipinski definition) is 1. The fourth-order valence-corrected chi connectivity index (χ4v) is 2.52. The molecule has 4 nitrogen and oxygen atoms in total. The van der Waals surface area contributed by atoms with Gasteiger partial charge in [0.05, 0.1) is 12.1 Å². The summed E-state index contributed by atoms with van der Waals surface area (Å²) in [6.07, 6.45) is 0. The van der Waals surface area contributed by atoms with Crippen LogP contribution in [0.4, 0.5) is 0 Å². The molecule has 0 aliphatic rings. The Hall–Kier alpha value is -2.72. The minimum Gasteiger partial charge on any atom is -0.395 e. The van der Waals surface area contributed by atoms with Crippen molar-refractivity contribution in [2.75, 3.05) is 13.2 Å². The molecule has 23 heavy (non-hydrogen) atoms. The SMILES string of the molecule is O=C(c1ccc2ccccc2n1)N(CCO)Cc1ccccc1. The molecule has 2 aromatic carbocycles. The zero-order valence-corrected chi connectivity index (χ0v) is 12.7. The van der Waals surface area contributed by atoms with Gasteiger partial charge >= 0.3 is 0 Å². The van der Waals surface area contributed by atoms with Gasteiger partial charge in [-0.15, -0.1) is 0 Å². The molecule has 1 aromatic heterocycles. The highest BCUT2D eigenvalue weighted by molar-refractivity contribution is 5.94. The predicted molar refractivity (Wildman–Crippen MR) is 90.0 cm³/mol. The number of nitrogens with zero attached hydrogens (tertiary/aromatic N) is 2. The van der Waals surface area contributed by atoms with E-state index in [9.17, 15) is 9.90 Å². The first kappa shape index (κ1) is 15.2. The van der Waals surface area contributed by atoms with Crippen LogP contribution in [-0.4, -0.2) is 34.0 Å². The number of aromatic nitrogens is 1. The lowest BCUT2D eigenvalue weighted by Gasteiger charge is -2.21. The van der Waals surface area contributed by atoms with E-state index >= 15 is 0 Å². The van der Waals surface area contributed by atoms with Crippen molar-refractivity contribution in [3.63, 3.8) is 0 Å². The topological polar surface area (TPSA) is 53.4 Å². The Morgan fingerprint density at radius 2 is 1.70 bits per heavy atom. The number of aliphatic hydroxyl groups is 1. The lowest BCUT2D eigenvalue weighted by atomic mass is 10.1. The highest BCUT2D eigenvalue weighted by atomic mass is 16.3. The molecular formula is C19H18N2O2. The quantitative estimate of drug-likeness (QED) is 0.788. The second kappa shape index (κ2) is 7.03. The number of hydrogen-bond acceptors (Lipinski definition) is 3. The van der Waals surface area contributed by atoms with Crippen molar-refractivity contribution < 1.29 is 9.90 Å². The van der Waals surface area contributed by atoms with E-state index in [1.165, 1.54) is 0 Å². The second-order valence-electron chi connectivity index (χ2n) is 5.33. The standard InChI is InChI=1S/C19H18N2O2/c22-13-12-21(14-15-6-2-1-3-7-15)19(23)18-11-10-16-8-4-5-9-17(16)20-18/h1-11,22H,12-14H2. The average Bonchev–Trinajstić information content (AvgIpc) is 2.61. The number of carbonyl (C=O) groups excluding carboxylic acids is 1. The van der Waals surface area contributed by atoms with Gasteiger partial charge in [-0.1, -0.05) is 54.6 Å². The van der Waals surface area contributed by atoms with Crippen LogP contribution in [0.15, 0.2) is 66.7 Å². The first-order valence-corrected chi connectivity index (χ1v) is 7.58. The van der Waals surface area contributed by atoms with Gasteiger partial charge in [0, 0.05) is 18.5 Å². The summed E-state index contributed by atoms with van der Waals surface area (Å²) in [5.74, 6) is -0.173. The number of aliphatic hydroxyl groups excluding tert-OH is 1. The highest BCUT2D eigenvalue weighted by Gasteiger charge is 2.17. The van der Waals surface area contributed by atoms with Crippen LogP contribution >= 0.6 is 0 Å². The van der Waals surface area contributed by atoms with E-state index in [2.05, 4.69) is 4.98 Å². The summed E-state index contributed by atoms with van der Waals surface area (Å²) < 4.78 is 0. The van der Waals surface area contributed by atoms with E-state index < -0.39 is 0 Å². The highest BCUT2D eigenvalue weighted by Crippen LogP contribution is 2.14. The third-order valence-electron chi connectivity index (χ3n) is 3.69. The Balaban J connectivity index is 1.87. The monoisotopic (exact) mass is 306 g/mol. The van der Waals surface area contributed by atoms with Gasteiger partial charge in [-0.25, -0.2) is 4.98 Å². The number of rotatable bonds is 5. The van der Waals surface area contributed by atoms with Gasteiger partial charge in [-0.3, -0.25) is 4.79 Å². The lowest BCUT2D eigenvalue weighted by molar-refractivity contribution is 0.0702. The fraction of sp³-hybridized carbons (Fsp3) is 0.158. The van der Waals surface area contributed by atoms with Gasteiger partial charge in [0.25, 0.3) is 5.91 Å². The Morgan fingerprint density at radius 3 is 2.48 bits per heavy atom. The minimum absolute atomic E-state index is 0.0772. The molecule has 0 unspecified atom stereocenters. The Bertz CT molecular complexity index is 803. The van der Waals surface area contributed by atoms with E-state index in [0.29, 0.717) is 12.2 Å². The summed E-state index contributed by atoms with van der Waals surface area (Å²) in [4.78, 5) is 18.8. The number of fused-ring (bicyclic) bond motifs is 1. The summed E-state index contributed by atoms with van der Waals surface area (Å²) in [5, 5.41) is 10.3. The van der Waals surface area contributed by atoms with Gasteiger partial charge in [-0.2, -0.15) is 0 Å². The van der Waals surface area contributed by atoms with Crippen LogP contribution in [-0.2, 0) is 6.54 Å². The van der Waals surface area contributed by atoms with Crippen molar-refractivity contribution in [3.05, 3.63) is 78.0 Å². The molecule has 0 spiro atoms. The summed E-state index contributed by atoms with van der Waals surface area (Å²) in [7, 11) is 0. The molecule has 4 heteroatoms. The third-order valence-corrected chi connectivity index (χ3v) is 3.69. The molecule has 0 aliphatic heterocycles. The zero-order valence-electron chi connectivity index (χ0n) is 12.7. The molecule has 0 fully saturated rings. The first-order chi connectivity index (χ1) is 11.3. The van der Waals surface area contributed by atoms with Gasteiger partial charge in [-0.05, 0) is 17.7 Å². The van der Waals surface area contributed by atoms with Gasteiger partial charge in [0.15, 0.2) is 0 Å². The van der Waals surface area contributed by atoms with Crippen molar-refractivity contribution >= 4 is 16.8 Å². The van der Waals surface area contributed by atoms with Gasteiger partial charge in [0.2, 0.25) is 0 Å². The maximum absolute atomic E-state index is 12.7. The Labute approximate surface area is 135 Å². The molecule has 1 heterocycles. The molecule has 0 bridgehead atoms. The summed E-state index contributed by atoms with van der Waals surface area (Å²) in [6.45, 7) is 0.656. The van der Waals surface area contributed by atoms with Crippen molar-refractivity contribution in [1.29, 1.82) is 0 Å². The molecule has 1 amide bonds. The average molecular weight is 306 g/mol. The summed E-state index contributed by atoms with van der Waals surface area (Å²) in [5.41, 5.74) is 2.21. The molecule has 116 valence electrons. The molecule has 1 N–H and O–H groups in total. The van der Waals surface area contributed by atoms with Crippen LogP contribution in [0.3, 0.4) is 0 Å². The number of amides is 1. The largest absolute Gasteiger partial charge is 0.395 e. The van der Waals surface area contributed by atoms with Crippen LogP contribution in [0, 0.1) is 0 Å². The number of benzene rings is 2. The molecule has 3 rings (SSSR count). The predicted octanol–water partition coefficient (Wildman–Crippen LogP) is 2.87. The maximum atomic E-state index is 12.7. The van der Waals surface area contributed by atoms with Crippen molar-refractivity contribution in [1.82, 2.24) is 9.88 Å². The molecule has 0 radical (unpaired) electrons. The molecular weight excluding hydrogens is 288 g/mol. The maximum Gasteiger partial charge on any atom is 0.272 e. The second-order valence-corrected chi connectivity index (χ2v) is 5.33. The number of pyridine rings is 1. The summed E-state index contributed by atoms with van der Waals surface area (Å²) in [6, 6.07) is 21.1. The van der Waals surface area contributed by atoms with Crippen molar-refractivity contribution in [2.24, 2.45) is 0 Å². The first-order valence-electron chi connectivity index (χ1n) is 7.58. The van der Waals surface area contributed by atoms with Crippen LogP contribution in [0.5, 0.6) is 0 Å². The summed E-state index contributed by atoms with van der Waals surface area (Å²) >= 11 is 0. The van der Waals surface area contributed by atoms with Crippen LogP contribution in [0.25, 0.3) is 10.9 Å². The van der Waals surface area contributed by atoms with Crippen molar-refractivity contribution in [2.45, 2.75) is 6.54 Å². The molecule has 0 atom stereocenters. The van der Waals surface area contributed by atoms with Gasteiger partial charge in [0.1, 0.15) is 5.69 Å². The van der Waals surface area contributed by atoms with Gasteiger partial charge < -0.3 is 10.0 Å². The van der Waals surface area contributed by atoms with E-state index in [1.807, 2.05) is 60.7 Å². The molecule has 0 aliphatic carbocycles. The Kier molecular flexibility index (Phi) is 4.64. The van der Waals surface area contributed by atoms with Crippen LogP contribution < -0.4 is 0 Å². The van der Waals surface area contributed by atoms with Crippen molar-refractivity contribution in [3.8, 4) is 0 Å². The number of carbonyl (C=O) groups is 1. The zero-order chi connectivity index (χ0) is 16.1. The Morgan fingerprint density at radius 1 is 0.957 bits per heavy atom. The van der Waals surface area contributed by atoms with E-state index in [4.69, 9.17) is 0 Å². The lowest BCUT2D eigenvalue weighted by Crippen LogP contribution is -2.33. The fourth-order valence-electron chi connectivity index (χ4n) is 2.52. The van der Waals surface area contributed by atoms with Crippen LogP contribution in [0.2, 0.25) is 0 Å². The molecule has 3 aromatic rings. The minimum atomic E-state index is -0.173. The van der Waals surface area contributed by atoms with E-state index in [-0.39, 0.29) is 19.1 Å². The normalized spacial score (nSPS) is 10.7. The third kappa shape index (κ3) is 3.55. The van der Waals surface area contributed by atoms with E-state index in [1.54, 1.807) is 11.0 Å². The molecule has 0 saturated carbocycles.